The van der Waals surface area contributed by atoms with Crippen molar-refractivity contribution in [1.82, 2.24) is 9.88 Å². The van der Waals surface area contributed by atoms with E-state index >= 15 is 0 Å². The van der Waals surface area contributed by atoms with Crippen molar-refractivity contribution in [3.8, 4) is 11.5 Å². The third-order valence-electron chi connectivity index (χ3n) is 5.26. The summed E-state index contributed by atoms with van der Waals surface area (Å²) in [6.07, 6.45) is 0.844. The van der Waals surface area contributed by atoms with Gasteiger partial charge in [0, 0.05) is 29.5 Å². The third kappa shape index (κ3) is 4.48. The van der Waals surface area contributed by atoms with E-state index < -0.39 is 10.8 Å². The van der Waals surface area contributed by atoms with Gasteiger partial charge in [0.1, 0.15) is 11.5 Å². The number of carbonyl (C=O) groups is 1. The first-order chi connectivity index (χ1) is 14.0. The highest BCUT2D eigenvalue weighted by atomic mass is 32.2. The molecule has 1 atom stereocenters. The van der Waals surface area contributed by atoms with Crippen LogP contribution in [0.4, 0.5) is 0 Å². The van der Waals surface area contributed by atoms with E-state index in [0.717, 1.165) is 17.5 Å². The fourth-order valence-corrected chi connectivity index (χ4v) is 4.66. The minimum atomic E-state index is -1.33. The molecule has 150 valence electrons. The maximum Gasteiger partial charge on any atom is 0.235 e. The van der Waals surface area contributed by atoms with Gasteiger partial charge in [0.25, 0.3) is 0 Å². The first-order valence-corrected chi connectivity index (χ1v) is 11.2. The Bertz CT molecular complexity index is 1060. The minimum absolute atomic E-state index is 0.00827. The number of benzene rings is 2. The standard InChI is InChI=1S/C23H24N2O3S/c1-16-7-9-19(10-8-16)23-24-21(17(2)28-23)14-29(27)15-22(26)25-12-11-18-5-3-4-6-20(18)13-25/h3-10H,11-15H2,1-2H3/t29-/m0/s1. The molecule has 0 fully saturated rings. The topological polar surface area (TPSA) is 63.4 Å². The number of oxazole rings is 1. The van der Waals surface area contributed by atoms with Gasteiger partial charge in [-0.2, -0.15) is 0 Å². The predicted octanol–water partition coefficient (Wildman–Crippen LogP) is 3.79. The van der Waals surface area contributed by atoms with Crippen LogP contribution in [0.15, 0.2) is 52.9 Å². The van der Waals surface area contributed by atoms with Gasteiger partial charge in [0.05, 0.1) is 11.4 Å². The normalized spacial score (nSPS) is 14.5. The number of amides is 1. The van der Waals surface area contributed by atoms with Crippen molar-refractivity contribution in [2.75, 3.05) is 12.3 Å². The highest BCUT2D eigenvalue weighted by molar-refractivity contribution is 7.84. The molecule has 3 aromatic rings. The van der Waals surface area contributed by atoms with Crippen molar-refractivity contribution in [2.45, 2.75) is 32.6 Å². The molecule has 0 aliphatic carbocycles. The summed E-state index contributed by atoms with van der Waals surface area (Å²) in [6, 6.07) is 16.1. The molecular weight excluding hydrogens is 384 g/mol. The molecular formula is C23H24N2O3S. The zero-order chi connectivity index (χ0) is 20.4. The molecule has 1 amide bonds. The maximum absolute atomic E-state index is 12.6. The molecule has 1 aromatic heterocycles. The summed E-state index contributed by atoms with van der Waals surface area (Å²) in [4.78, 5) is 19.0. The van der Waals surface area contributed by atoms with Gasteiger partial charge >= 0.3 is 0 Å². The van der Waals surface area contributed by atoms with Gasteiger partial charge in [0.2, 0.25) is 11.8 Å². The Morgan fingerprint density at radius 1 is 1.10 bits per heavy atom. The summed E-state index contributed by atoms with van der Waals surface area (Å²) in [5.74, 6) is 1.32. The van der Waals surface area contributed by atoms with Crippen LogP contribution >= 0.6 is 0 Å². The summed E-state index contributed by atoms with van der Waals surface area (Å²) in [7, 11) is -1.33. The Morgan fingerprint density at radius 3 is 2.59 bits per heavy atom. The van der Waals surface area contributed by atoms with Gasteiger partial charge < -0.3 is 9.32 Å². The predicted molar refractivity (Wildman–Crippen MR) is 114 cm³/mol. The molecule has 6 heteroatoms. The van der Waals surface area contributed by atoms with Crippen LogP contribution in [-0.4, -0.2) is 32.3 Å². The van der Waals surface area contributed by atoms with Crippen LogP contribution in [-0.2, 0) is 34.3 Å². The van der Waals surface area contributed by atoms with Gasteiger partial charge in [-0.25, -0.2) is 4.98 Å². The first kappa shape index (κ1) is 19.6. The lowest BCUT2D eigenvalue weighted by Crippen LogP contribution is -2.38. The molecule has 0 N–H and O–H groups in total. The fourth-order valence-electron chi connectivity index (χ4n) is 3.52. The monoisotopic (exact) mass is 408 g/mol. The quantitative estimate of drug-likeness (QED) is 0.644. The second-order valence-corrected chi connectivity index (χ2v) is 8.91. The molecule has 29 heavy (non-hydrogen) atoms. The van der Waals surface area contributed by atoms with E-state index in [4.69, 9.17) is 4.42 Å². The van der Waals surface area contributed by atoms with E-state index in [1.807, 2.05) is 50.2 Å². The number of aromatic nitrogens is 1. The SMILES string of the molecule is Cc1ccc(-c2nc(C[S@](=O)CC(=O)N3CCc4ccccc4C3)c(C)o2)cc1. The number of nitrogens with zero attached hydrogens (tertiary/aromatic N) is 2. The average molecular weight is 409 g/mol. The molecule has 1 aliphatic heterocycles. The number of aryl methyl sites for hydroxylation is 2. The maximum atomic E-state index is 12.6. The Hall–Kier alpha value is -2.73. The summed E-state index contributed by atoms with van der Waals surface area (Å²) >= 11 is 0. The van der Waals surface area contributed by atoms with Gasteiger partial charge in [-0.05, 0) is 43.5 Å². The van der Waals surface area contributed by atoms with Crippen molar-refractivity contribution >= 4 is 16.7 Å². The van der Waals surface area contributed by atoms with Crippen LogP contribution in [0.2, 0.25) is 0 Å². The lowest BCUT2D eigenvalue weighted by atomic mass is 10.00. The van der Waals surface area contributed by atoms with Crippen molar-refractivity contribution in [3.63, 3.8) is 0 Å². The van der Waals surface area contributed by atoms with Gasteiger partial charge in [-0.3, -0.25) is 9.00 Å². The molecule has 4 rings (SSSR count). The molecule has 0 unspecified atom stereocenters. The highest BCUT2D eigenvalue weighted by Crippen LogP contribution is 2.23. The Kier molecular flexibility index (Phi) is 5.62. The van der Waals surface area contributed by atoms with Crippen molar-refractivity contribution in [3.05, 3.63) is 76.7 Å². The van der Waals surface area contributed by atoms with Crippen LogP contribution in [0.25, 0.3) is 11.5 Å². The van der Waals surface area contributed by atoms with E-state index in [-0.39, 0.29) is 17.4 Å². The number of carbonyl (C=O) groups excluding carboxylic acids is 1. The Morgan fingerprint density at radius 2 is 1.83 bits per heavy atom. The molecule has 1 aliphatic rings. The lowest BCUT2D eigenvalue weighted by Gasteiger charge is -2.28. The molecule has 0 bridgehead atoms. The number of hydrogen-bond acceptors (Lipinski definition) is 4. The van der Waals surface area contributed by atoms with Gasteiger partial charge in [0.15, 0.2) is 0 Å². The van der Waals surface area contributed by atoms with E-state index in [1.165, 1.54) is 11.1 Å². The Labute approximate surface area is 173 Å². The fraction of sp³-hybridized carbons (Fsp3) is 0.304. The van der Waals surface area contributed by atoms with Crippen LogP contribution in [0.3, 0.4) is 0 Å². The van der Waals surface area contributed by atoms with Crippen molar-refractivity contribution in [2.24, 2.45) is 0 Å². The molecule has 2 heterocycles. The first-order valence-electron chi connectivity index (χ1n) is 9.72. The van der Waals surface area contributed by atoms with Crippen LogP contribution in [0.5, 0.6) is 0 Å². The summed E-state index contributed by atoms with van der Waals surface area (Å²) < 4.78 is 18.4. The zero-order valence-electron chi connectivity index (χ0n) is 16.7. The molecule has 2 aromatic carbocycles. The smallest absolute Gasteiger partial charge is 0.235 e. The third-order valence-corrected chi connectivity index (χ3v) is 6.42. The lowest BCUT2D eigenvalue weighted by molar-refractivity contribution is -0.129. The van der Waals surface area contributed by atoms with Gasteiger partial charge in [-0.1, -0.05) is 42.0 Å². The number of rotatable bonds is 5. The van der Waals surface area contributed by atoms with Crippen LogP contribution < -0.4 is 0 Å². The number of hydrogen-bond donors (Lipinski definition) is 0. The molecule has 5 nitrogen and oxygen atoms in total. The van der Waals surface area contributed by atoms with E-state index in [0.29, 0.717) is 30.4 Å². The molecule has 0 saturated carbocycles. The Balaban J connectivity index is 1.39. The highest BCUT2D eigenvalue weighted by Gasteiger charge is 2.23. The van der Waals surface area contributed by atoms with Gasteiger partial charge in [-0.15, -0.1) is 0 Å². The van der Waals surface area contributed by atoms with Crippen molar-refractivity contribution < 1.29 is 13.4 Å². The zero-order valence-corrected chi connectivity index (χ0v) is 17.5. The van der Waals surface area contributed by atoms with E-state index in [9.17, 15) is 9.00 Å². The van der Waals surface area contributed by atoms with E-state index in [2.05, 4.69) is 17.1 Å². The second-order valence-electron chi connectivity index (χ2n) is 7.45. The van der Waals surface area contributed by atoms with Crippen molar-refractivity contribution in [1.29, 1.82) is 0 Å². The largest absolute Gasteiger partial charge is 0.441 e. The second kappa shape index (κ2) is 8.33. The van der Waals surface area contributed by atoms with Crippen LogP contribution in [0.1, 0.15) is 28.1 Å². The molecule has 0 spiro atoms. The summed E-state index contributed by atoms with van der Waals surface area (Å²) in [5, 5.41) is 0. The molecule has 0 saturated heterocycles. The molecule has 0 radical (unpaired) electrons. The number of fused-ring (bicyclic) bond motifs is 1. The summed E-state index contributed by atoms with van der Waals surface area (Å²) in [5.41, 5.74) is 5.17. The average Bonchev–Trinajstić information content (AvgIpc) is 3.08. The minimum Gasteiger partial charge on any atom is -0.441 e. The van der Waals surface area contributed by atoms with Crippen LogP contribution in [0, 0.1) is 13.8 Å². The van der Waals surface area contributed by atoms with E-state index in [1.54, 1.807) is 4.90 Å². The summed E-state index contributed by atoms with van der Waals surface area (Å²) in [6.45, 7) is 5.11.